The van der Waals surface area contributed by atoms with Crippen LogP contribution in [0.5, 0.6) is 11.5 Å². The molecule has 0 aliphatic carbocycles. The van der Waals surface area contributed by atoms with Gasteiger partial charge >= 0.3 is 0 Å². The Hall–Kier alpha value is -3.01. The van der Waals surface area contributed by atoms with Crippen molar-refractivity contribution in [1.82, 2.24) is 15.2 Å². The Labute approximate surface area is 218 Å². The quantitative estimate of drug-likeness (QED) is 0.217. The van der Waals surface area contributed by atoms with Crippen LogP contribution in [0.25, 0.3) is 0 Å². The van der Waals surface area contributed by atoms with E-state index >= 15 is 0 Å². The normalized spacial score (nSPS) is 11.8. The topological polar surface area (TPSA) is 76.9 Å². The summed E-state index contributed by atoms with van der Waals surface area (Å²) in [6.07, 6.45) is 1.72. The van der Waals surface area contributed by atoms with Gasteiger partial charge in [0.25, 0.3) is 5.56 Å². The van der Waals surface area contributed by atoms with Crippen molar-refractivity contribution >= 4 is 29.9 Å². The Morgan fingerprint density at radius 3 is 2.32 bits per heavy atom. The lowest BCUT2D eigenvalue weighted by molar-refractivity contribution is 0.213. The molecule has 3 aromatic rings. The van der Waals surface area contributed by atoms with Gasteiger partial charge in [-0.1, -0.05) is 42.5 Å². The van der Waals surface area contributed by atoms with Gasteiger partial charge in [-0.05, 0) is 43.2 Å². The maximum atomic E-state index is 11.9. The van der Waals surface area contributed by atoms with Crippen molar-refractivity contribution in [2.24, 2.45) is 4.99 Å². The standard InChI is InChI=1S/C26H32N4O3.HI/c1-4-27-26(28-17-20(2)33-24-10-6-5-9-23(24)32-3)29-18-21-12-14-22(15-13-21)19-30-16-8-7-11-25(30)31;/h5-16,20H,4,17-19H2,1-3H3,(H2,27,28,29);1H. The van der Waals surface area contributed by atoms with Crippen LogP contribution in [0.1, 0.15) is 25.0 Å². The monoisotopic (exact) mass is 576 g/mol. The first kappa shape index (κ1) is 27.2. The summed E-state index contributed by atoms with van der Waals surface area (Å²) in [5, 5.41) is 6.60. The molecule has 34 heavy (non-hydrogen) atoms. The SMILES string of the molecule is CCNC(=NCc1ccc(Cn2ccccc2=O)cc1)NCC(C)Oc1ccccc1OC.I. The summed E-state index contributed by atoms with van der Waals surface area (Å²) >= 11 is 0. The molecule has 0 aliphatic rings. The van der Waals surface area contributed by atoms with E-state index in [-0.39, 0.29) is 35.6 Å². The molecular weight excluding hydrogens is 543 g/mol. The lowest BCUT2D eigenvalue weighted by Crippen LogP contribution is -2.41. The zero-order valence-corrected chi connectivity index (χ0v) is 22.2. The van der Waals surface area contributed by atoms with Gasteiger partial charge in [0.05, 0.1) is 26.7 Å². The van der Waals surface area contributed by atoms with E-state index in [2.05, 4.69) is 15.6 Å². The van der Waals surface area contributed by atoms with Crippen LogP contribution < -0.4 is 25.7 Å². The predicted octanol–water partition coefficient (Wildman–Crippen LogP) is 4.05. The van der Waals surface area contributed by atoms with Gasteiger partial charge in [-0.15, -0.1) is 24.0 Å². The molecule has 7 nitrogen and oxygen atoms in total. The second-order valence-corrected chi connectivity index (χ2v) is 7.64. The average molecular weight is 576 g/mol. The van der Waals surface area contributed by atoms with Crippen molar-refractivity contribution in [3.8, 4) is 11.5 Å². The number of aromatic nitrogens is 1. The minimum absolute atomic E-state index is 0. The third-order valence-electron chi connectivity index (χ3n) is 4.99. The highest BCUT2D eigenvalue weighted by Crippen LogP contribution is 2.26. The van der Waals surface area contributed by atoms with Gasteiger partial charge in [0.15, 0.2) is 17.5 Å². The maximum Gasteiger partial charge on any atom is 0.250 e. The molecule has 3 rings (SSSR count). The highest BCUT2D eigenvalue weighted by Gasteiger charge is 2.09. The minimum atomic E-state index is -0.0779. The molecule has 0 saturated carbocycles. The highest BCUT2D eigenvalue weighted by molar-refractivity contribution is 14.0. The van der Waals surface area contributed by atoms with Crippen LogP contribution in [0.4, 0.5) is 0 Å². The third-order valence-corrected chi connectivity index (χ3v) is 4.99. The molecule has 182 valence electrons. The van der Waals surface area contributed by atoms with E-state index < -0.39 is 0 Å². The Morgan fingerprint density at radius 2 is 1.65 bits per heavy atom. The van der Waals surface area contributed by atoms with Crippen molar-refractivity contribution in [2.45, 2.75) is 33.0 Å². The molecule has 1 atom stereocenters. The zero-order valence-electron chi connectivity index (χ0n) is 19.9. The van der Waals surface area contributed by atoms with E-state index in [1.807, 2.05) is 68.4 Å². The van der Waals surface area contributed by atoms with Gasteiger partial charge in [0, 0.05) is 18.8 Å². The molecule has 0 saturated heterocycles. The van der Waals surface area contributed by atoms with Crippen molar-refractivity contribution in [1.29, 1.82) is 0 Å². The van der Waals surface area contributed by atoms with Crippen molar-refractivity contribution < 1.29 is 9.47 Å². The number of guanidine groups is 1. The number of para-hydroxylation sites is 2. The zero-order chi connectivity index (χ0) is 23.5. The summed E-state index contributed by atoms with van der Waals surface area (Å²) < 4.78 is 13.0. The number of halogens is 1. The van der Waals surface area contributed by atoms with Gasteiger partial charge < -0.3 is 24.7 Å². The van der Waals surface area contributed by atoms with E-state index in [0.29, 0.717) is 31.1 Å². The molecule has 1 unspecified atom stereocenters. The number of benzene rings is 2. The highest BCUT2D eigenvalue weighted by atomic mass is 127. The number of hydrogen-bond donors (Lipinski definition) is 2. The van der Waals surface area contributed by atoms with Crippen LogP contribution in [-0.4, -0.2) is 36.8 Å². The second kappa shape index (κ2) is 14.3. The first-order chi connectivity index (χ1) is 16.1. The molecule has 2 N–H and O–H groups in total. The summed E-state index contributed by atoms with van der Waals surface area (Å²) in [6, 6.07) is 21.0. The lowest BCUT2D eigenvalue weighted by atomic mass is 10.1. The summed E-state index contributed by atoms with van der Waals surface area (Å²) in [4.78, 5) is 16.6. The number of aliphatic imine (C=N–C) groups is 1. The third kappa shape index (κ3) is 8.40. The van der Waals surface area contributed by atoms with Crippen molar-refractivity contribution in [3.05, 3.63) is 94.4 Å². The van der Waals surface area contributed by atoms with E-state index in [0.717, 1.165) is 23.6 Å². The van der Waals surface area contributed by atoms with Gasteiger partial charge in [0.2, 0.25) is 0 Å². The second-order valence-electron chi connectivity index (χ2n) is 7.64. The lowest BCUT2D eigenvalue weighted by Gasteiger charge is -2.19. The predicted molar refractivity (Wildman–Crippen MR) is 148 cm³/mol. The molecule has 0 spiro atoms. The maximum absolute atomic E-state index is 11.9. The van der Waals surface area contributed by atoms with Gasteiger partial charge in [0.1, 0.15) is 6.10 Å². The molecule has 0 bridgehead atoms. The van der Waals surface area contributed by atoms with Gasteiger partial charge in [-0.2, -0.15) is 0 Å². The Bertz CT molecular complexity index is 1100. The van der Waals surface area contributed by atoms with Crippen LogP contribution in [0, 0.1) is 0 Å². The Balaban J connectivity index is 0.00000408. The molecule has 8 heteroatoms. The first-order valence-corrected chi connectivity index (χ1v) is 11.1. The smallest absolute Gasteiger partial charge is 0.250 e. The fraction of sp³-hybridized carbons (Fsp3) is 0.308. The minimum Gasteiger partial charge on any atom is -0.493 e. The number of nitrogens with one attached hydrogen (secondary N) is 2. The van der Waals surface area contributed by atoms with E-state index in [9.17, 15) is 4.79 Å². The number of nitrogens with zero attached hydrogens (tertiary/aromatic N) is 2. The van der Waals surface area contributed by atoms with Crippen molar-refractivity contribution in [2.75, 3.05) is 20.2 Å². The van der Waals surface area contributed by atoms with Crippen LogP contribution in [0.3, 0.4) is 0 Å². The largest absolute Gasteiger partial charge is 0.493 e. The number of rotatable bonds is 10. The Morgan fingerprint density at radius 1 is 0.971 bits per heavy atom. The van der Waals surface area contributed by atoms with Crippen LogP contribution in [-0.2, 0) is 13.1 Å². The molecule has 1 heterocycles. The van der Waals surface area contributed by atoms with Gasteiger partial charge in [-0.25, -0.2) is 4.99 Å². The molecule has 0 fully saturated rings. The number of ether oxygens (including phenoxy) is 2. The number of hydrogen-bond acceptors (Lipinski definition) is 4. The number of methoxy groups -OCH3 is 1. The van der Waals surface area contributed by atoms with E-state index in [1.165, 1.54) is 0 Å². The summed E-state index contributed by atoms with van der Waals surface area (Å²) in [7, 11) is 1.63. The van der Waals surface area contributed by atoms with Gasteiger partial charge in [-0.3, -0.25) is 4.79 Å². The summed E-state index contributed by atoms with van der Waals surface area (Å²) in [5.74, 6) is 2.16. The van der Waals surface area contributed by atoms with Crippen LogP contribution in [0.15, 0.2) is 82.7 Å². The fourth-order valence-electron chi connectivity index (χ4n) is 3.27. The molecule has 1 aromatic heterocycles. The van der Waals surface area contributed by atoms with Crippen LogP contribution >= 0.6 is 24.0 Å². The molecule has 0 amide bonds. The van der Waals surface area contributed by atoms with E-state index in [4.69, 9.17) is 9.47 Å². The average Bonchev–Trinajstić information content (AvgIpc) is 2.83. The first-order valence-electron chi connectivity index (χ1n) is 11.1. The molecular formula is C26H33IN4O3. The summed E-state index contributed by atoms with van der Waals surface area (Å²) in [5.41, 5.74) is 2.16. The van der Waals surface area contributed by atoms with E-state index in [1.54, 1.807) is 30.0 Å². The molecule has 0 aliphatic heterocycles. The Kier molecular flexibility index (Phi) is 11.5. The molecule has 2 aromatic carbocycles. The van der Waals surface area contributed by atoms with Crippen LogP contribution in [0.2, 0.25) is 0 Å². The number of pyridine rings is 1. The van der Waals surface area contributed by atoms with Crippen molar-refractivity contribution in [3.63, 3.8) is 0 Å². The fourth-order valence-corrected chi connectivity index (χ4v) is 3.27. The summed E-state index contributed by atoms with van der Waals surface area (Å²) in [6.45, 7) is 6.49. The molecule has 0 radical (unpaired) electrons.